The number of rotatable bonds is 6. The fraction of sp³-hybridized carbons (Fsp3) is 0.263. The smallest absolute Gasteiger partial charge is 0.144 e. The number of benzene rings is 2. The van der Waals surface area contributed by atoms with E-state index in [4.69, 9.17) is 16.3 Å². The van der Waals surface area contributed by atoms with Gasteiger partial charge in [-0.05, 0) is 59.9 Å². The molecule has 3 aromatic rings. The molecular formula is C19H19Br2ClN2O. The van der Waals surface area contributed by atoms with E-state index >= 15 is 0 Å². The Labute approximate surface area is 169 Å². The van der Waals surface area contributed by atoms with Gasteiger partial charge in [0.1, 0.15) is 12.4 Å². The van der Waals surface area contributed by atoms with Crippen molar-refractivity contribution in [2.24, 2.45) is 0 Å². The highest BCUT2D eigenvalue weighted by molar-refractivity contribution is 9.11. The fourth-order valence-electron chi connectivity index (χ4n) is 2.69. The van der Waals surface area contributed by atoms with E-state index in [-0.39, 0.29) is 0 Å². The normalized spacial score (nSPS) is 11.4. The Morgan fingerprint density at radius 1 is 1.12 bits per heavy atom. The van der Waals surface area contributed by atoms with E-state index < -0.39 is 0 Å². The molecule has 0 atom stereocenters. The number of nitrogens with zero attached hydrogens (tertiary/aromatic N) is 2. The molecule has 0 amide bonds. The Morgan fingerprint density at radius 2 is 1.84 bits per heavy atom. The topological polar surface area (TPSA) is 17.4 Å². The van der Waals surface area contributed by atoms with Crippen LogP contribution in [0.3, 0.4) is 0 Å². The van der Waals surface area contributed by atoms with Crippen LogP contribution in [-0.4, -0.2) is 36.7 Å². The van der Waals surface area contributed by atoms with Crippen LogP contribution in [-0.2, 0) is 6.54 Å². The standard InChI is InChI=1S/C19H19Br2ClN2O/c1-23(2)7-8-25-18-12-24(11-13-3-5-14(20)6-4-13)19-16(18)9-15(22)10-17(19)21/h3-6,9-10,12H,7-8,11H2,1-2H3. The molecule has 25 heavy (non-hydrogen) atoms. The molecule has 6 heteroatoms. The lowest BCUT2D eigenvalue weighted by atomic mass is 10.2. The number of hydrogen-bond donors (Lipinski definition) is 0. The molecule has 0 saturated carbocycles. The lowest BCUT2D eigenvalue weighted by molar-refractivity contribution is 0.263. The van der Waals surface area contributed by atoms with Crippen molar-refractivity contribution in [1.82, 2.24) is 9.47 Å². The van der Waals surface area contributed by atoms with Gasteiger partial charge in [0.05, 0.1) is 5.52 Å². The van der Waals surface area contributed by atoms with Crippen molar-refractivity contribution in [3.63, 3.8) is 0 Å². The van der Waals surface area contributed by atoms with Gasteiger partial charge in [-0.3, -0.25) is 0 Å². The van der Waals surface area contributed by atoms with Crippen molar-refractivity contribution < 1.29 is 4.74 Å². The van der Waals surface area contributed by atoms with Gasteiger partial charge in [-0.25, -0.2) is 0 Å². The molecule has 0 fully saturated rings. The second-order valence-corrected chi connectivity index (χ2v) is 8.39. The summed E-state index contributed by atoms with van der Waals surface area (Å²) in [7, 11) is 4.07. The maximum absolute atomic E-state index is 6.26. The van der Waals surface area contributed by atoms with Crippen LogP contribution in [0.15, 0.2) is 51.5 Å². The molecule has 1 aromatic heterocycles. The number of aromatic nitrogens is 1. The lowest BCUT2D eigenvalue weighted by Gasteiger charge is -2.10. The summed E-state index contributed by atoms with van der Waals surface area (Å²) in [5.41, 5.74) is 2.31. The molecule has 0 N–H and O–H groups in total. The van der Waals surface area contributed by atoms with E-state index in [1.54, 1.807) is 0 Å². The molecular weight excluding hydrogens is 467 g/mol. The average molecular weight is 487 g/mol. The number of halogens is 3. The highest BCUT2D eigenvalue weighted by atomic mass is 79.9. The van der Waals surface area contributed by atoms with E-state index in [1.807, 2.05) is 26.2 Å². The molecule has 132 valence electrons. The van der Waals surface area contributed by atoms with Gasteiger partial charge in [0.15, 0.2) is 0 Å². The molecule has 0 saturated heterocycles. The number of hydrogen-bond acceptors (Lipinski definition) is 2. The lowest BCUT2D eigenvalue weighted by Crippen LogP contribution is -2.19. The van der Waals surface area contributed by atoms with E-state index in [9.17, 15) is 0 Å². The Hall–Kier alpha value is -1.01. The molecule has 0 radical (unpaired) electrons. The highest BCUT2D eigenvalue weighted by Gasteiger charge is 2.14. The monoisotopic (exact) mass is 484 g/mol. The van der Waals surface area contributed by atoms with Crippen molar-refractivity contribution in [3.8, 4) is 5.75 Å². The largest absolute Gasteiger partial charge is 0.490 e. The van der Waals surface area contributed by atoms with Crippen molar-refractivity contribution in [1.29, 1.82) is 0 Å². The quantitative estimate of drug-likeness (QED) is 0.438. The second kappa shape index (κ2) is 8.12. The molecule has 0 aliphatic rings. The predicted octanol–water partition coefficient (Wildman–Crippen LogP) is 5.81. The minimum atomic E-state index is 0.633. The van der Waals surface area contributed by atoms with Gasteiger partial charge >= 0.3 is 0 Å². The van der Waals surface area contributed by atoms with Crippen molar-refractivity contribution in [2.75, 3.05) is 27.2 Å². The molecule has 0 unspecified atom stereocenters. The van der Waals surface area contributed by atoms with Gasteiger partial charge in [0, 0.05) is 38.6 Å². The third-order valence-electron chi connectivity index (χ3n) is 3.92. The highest BCUT2D eigenvalue weighted by Crippen LogP contribution is 2.36. The van der Waals surface area contributed by atoms with Gasteiger partial charge in [0.25, 0.3) is 0 Å². The molecule has 2 aromatic carbocycles. The Balaban J connectivity index is 1.98. The minimum Gasteiger partial charge on any atom is -0.490 e. The SMILES string of the molecule is CN(C)CCOc1cn(Cc2ccc(Br)cc2)c2c(Br)cc(Cl)cc12. The Morgan fingerprint density at radius 3 is 2.52 bits per heavy atom. The van der Waals surface area contributed by atoms with Crippen LogP contribution in [0.25, 0.3) is 10.9 Å². The van der Waals surface area contributed by atoms with Crippen LogP contribution < -0.4 is 4.74 Å². The van der Waals surface area contributed by atoms with E-state index in [0.717, 1.165) is 38.7 Å². The molecule has 0 spiro atoms. The first kappa shape index (κ1) is 18.8. The summed E-state index contributed by atoms with van der Waals surface area (Å²) in [5.74, 6) is 0.858. The van der Waals surface area contributed by atoms with Crippen LogP contribution in [0, 0.1) is 0 Å². The third-order valence-corrected chi connectivity index (χ3v) is 5.27. The third kappa shape index (κ3) is 4.59. The fourth-order valence-corrected chi connectivity index (χ4v) is 3.99. The molecule has 3 nitrogen and oxygen atoms in total. The van der Waals surface area contributed by atoms with Gasteiger partial charge in [0.2, 0.25) is 0 Å². The summed E-state index contributed by atoms with van der Waals surface area (Å²) in [4.78, 5) is 2.10. The van der Waals surface area contributed by atoms with Gasteiger partial charge in [-0.15, -0.1) is 0 Å². The minimum absolute atomic E-state index is 0.633. The van der Waals surface area contributed by atoms with Crippen LogP contribution in [0.4, 0.5) is 0 Å². The molecule has 3 rings (SSSR count). The van der Waals surface area contributed by atoms with Crippen molar-refractivity contribution in [2.45, 2.75) is 6.54 Å². The zero-order chi connectivity index (χ0) is 18.0. The van der Waals surface area contributed by atoms with Crippen LogP contribution in [0.1, 0.15) is 5.56 Å². The van der Waals surface area contributed by atoms with Crippen LogP contribution in [0.2, 0.25) is 5.02 Å². The molecule has 1 heterocycles. The van der Waals surface area contributed by atoms with E-state index in [0.29, 0.717) is 11.6 Å². The first-order valence-corrected chi connectivity index (χ1v) is 9.90. The van der Waals surface area contributed by atoms with E-state index in [1.165, 1.54) is 5.56 Å². The zero-order valence-corrected chi connectivity index (χ0v) is 18.0. The Kier molecular flexibility index (Phi) is 6.10. The average Bonchev–Trinajstić information content (AvgIpc) is 2.87. The number of ether oxygens (including phenoxy) is 1. The second-order valence-electron chi connectivity index (χ2n) is 6.18. The van der Waals surface area contributed by atoms with Crippen molar-refractivity contribution >= 4 is 54.4 Å². The summed E-state index contributed by atoms with van der Waals surface area (Å²) in [6.45, 7) is 2.26. The van der Waals surface area contributed by atoms with Gasteiger partial charge < -0.3 is 14.2 Å². The first-order chi connectivity index (χ1) is 11.9. The maximum atomic E-state index is 6.26. The van der Waals surface area contributed by atoms with E-state index in [2.05, 4.69) is 71.8 Å². The van der Waals surface area contributed by atoms with Crippen molar-refractivity contribution in [3.05, 3.63) is 62.1 Å². The number of fused-ring (bicyclic) bond motifs is 1. The summed E-state index contributed by atoms with van der Waals surface area (Å²) in [6, 6.07) is 12.2. The van der Waals surface area contributed by atoms with Crippen LogP contribution in [0.5, 0.6) is 5.75 Å². The summed E-state index contributed by atoms with van der Waals surface area (Å²) >= 11 is 13.4. The van der Waals surface area contributed by atoms with Crippen LogP contribution >= 0.6 is 43.5 Å². The summed E-state index contributed by atoms with van der Waals surface area (Å²) < 4.78 is 10.3. The summed E-state index contributed by atoms with van der Waals surface area (Å²) in [5, 5.41) is 1.72. The predicted molar refractivity (Wildman–Crippen MR) is 112 cm³/mol. The Bertz CT molecular complexity index is 875. The first-order valence-electron chi connectivity index (χ1n) is 7.94. The molecule has 0 bridgehead atoms. The summed E-state index contributed by atoms with van der Waals surface area (Å²) in [6.07, 6.45) is 2.06. The maximum Gasteiger partial charge on any atom is 0.144 e. The molecule has 0 aliphatic carbocycles. The molecule has 0 aliphatic heterocycles. The van der Waals surface area contributed by atoms with Gasteiger partial charge in [-0.2, -0.15) is 0 Å². The van der Waals surface area contributed by atoms with Gasteiger partial charge in [-0.1, -0.05) is 39.7 Å². The number of likely N-dealkylation sites (N-methyl/N-ethyl adjacent to an activating group) is 1. The zero-order valence-electron chi connectivity index (χ0n) is 14.1.